The Kier molecular flexibility index (Phi) is 4.53. The van der Waals surface area contributed by atoms with Crippen LogP contribution in [-0.4, -0.2) is 40.9 Å². The Morgan fingerprint density at radius 3 is 1.94 bits per heavy atom. The first kappa shape index (κ1) is 14.9. The molecule has 0 heterocycles. The number of carboxylic acids is 1. The largest absolute Gasteiger partial charge is 0.480 e. The lowest BCUT2D eigenvalue weighted by molar-refractivity contribution is -0.270. The quantitative estimate of drug-likeness (QED) is 0.518. The van der Waals surface area contributed by atoms with Gasteiger partial charge >= 0.3 is 24.0 Å². The van der Waals surface area contributed by atoms with Crippen LogP contribution in [0.4, 0.5) is 22.0 Å². The molecule has 0 saturated carbocycles. The van der Waals surface area contributed by atoms with Gasteiger partial charge in [0.05, 0.1) is 0 Å². The minimum Gasteiger partial charge on any atom is -0.480 e. The molecule has 0 aliphatic heterocycles. The molecule has 10 heteroatoms. The van der Waals surface area contributed by atoms with E-state index in [4.69, 9.17) is 5.11 Å². The molecule has 0 aliphatic carbocycles. The number of alkyl halides is 5. The van der Waals surface area contributed by atoms with Gasteiger partial charge in [-0.25, -0.2) is 4.79 Å². The van der Waals surface area contributed by atoms with Gasteiger partial charge in [0.15, 0.2) is 0 Å². The highest BCUT2D eigenvalue weighted by Gasteiger charge is 2.63. The standard InChI is InChI=1S/C6H6F5NO3S/c7-5(8,6(9,10)11)4(15)12-2(1-16)3(13)14/h2,16H,1H2,(H,12,15)(H,13,14)/t2-/m0/s1. The highest BCUT2D eigenvalue weighted by atomic mass is 32.1. The molecule has 0 aromatic carbocycles. The van der Waals surface area contributed by atoms with Crippen molar-refractivity contribution in [1.82, 2.24) is 5.32 Å². The summed E-state index contributed by atoms with van der Waals surface area (Å²) in [4.78, 5) is 20.8. The smallest absolute Gasteiger partial charge is 0.463 e. The highest BCUT2D eigenvalue weighted by Crippen LogP contribution is 2.35. The van der Waals surface area contributed by atoms with E-state index in [-0.39, 0.29) is 0 Å². The van der Waals surface area contributed by atoms with E-state index in [1.165, 1.54) is 0 Å². The summed E-state index contributed by atoms with van der Waals surface area (Å²) in [5.74, 6) is -10.7. The van der Waals surface area contributed by atoms with E-state index < -0.39 is 35.8 Å². The van der Waals surface area contributed by atoms with Crippen LogP contribution in [-0.2, 0) is 9.59 Å². The molecule has 94 valence electrons. The summed E-state index contributed by atoms with van der Waals surface area (Å²) in [6.45, 7) is 0. The number of hydrogen-bond acceptors (Lipinski definition) is 3. The van der Waals surface area contributed by atoms with Crippen LogP contribution in [0, 0.1) is 0 Å². The second-order valence-corrected chi connectivity index (χ2v) is 2.98. The van der Waals surface area contributed by atoms with E-state index in [0.717, 1.165) is 5.32 Å². The summed E-state index contributed by atoms with van der Waals surface area (Å²) in [6.07, 6.45) is -6.07. The topological polar surface area (TPSA) is 66.4 Å². The first-order valence-electron chi connectivity index (χ1n) is 3.63. The Balaban J connectivity index is 4.76. The Labute approximate surface area is 91.2 Å². The van der Waals surface area contributed by atoms with E-state index in [9.17, 15) is 31.5 Å². The lowest BCUT2D eigenvalue weighted by atomic mass is 10.2. The molecule has 0 aromatic rings. The number of carboxylic acid groups (broad SMARTS) is 1. The van der Waals surface area contributed by atoms with Gasteiger partial charge < -0.3 is 10.4 Å². The van der Waals surface area contributed by atoms with Crippen LogP contribution < -0.4 is 5.32 Å². The molecule has 0 spiro atoms. The number of nitrogens with one attached hydrogen (secondary N) is 1. The third-order valence-electron chi connectivity index (χ3n) is 1.43. The number of carbonyl (C=O) groups is 2. The first-order chi connectivity index (χ1) is 7.04. The Morgan fingerprint density at radius 2 is 1.69 bits per heavy atom. The lowest BCUT2D eigenvalue weighted by Gasteiger charge is -2.20. The molecule has 1 atom stereocenters. The van der Waals surface area contributed by atoms with E-state index in [2.05, 4.69) is 12.6 Å². The molecular weight excluding hydrogens is 261 g/mol. The van der Waals surface area contributed by atoms with Gasteiger partial charge in [0.1, 0.15) is 6.04 Å². The van der Waals surface area contributed by atoms with Gasteiger partial charge in [0.2, 0.25) is 0 Å². The Bertz CT molecular complexity index is 292. The average Bonchev–Trinajstić information content (AvgIpc) is 2.11. The molecular formula is C6H6F5NO3S. The van der Waals surface area contributed by atoms with Crippen LogP contribution in [0.1, 0.15) is 0 Å². The maximum Gasteiger partial charge on any atom is 0.463 e. The molecule has 0 saturated heterocycles. The zero-order chi connectivity index (χ0) is 13.1. The van der Waals surface area contributed by atoms with Gasteiger partial charge in [0.25, 0.3) is 0 Å². The monoisotopic (exact) mass is 267 g/mol. The van der Waals surface area contributed by atoms with Crippen molar-refractivity contribution in [2.75, 3.05) is 5.75 Å². The van der Waals surface area contributed by atoms with E-state index >= 15 is 0 Å². The summed E-state index contributed by atoms with van der Waals surface area (Å²) in [5.41, 5.74) is 0. The predicted octanol–water partition coefficient (Wildman–Crippen LogP) is 0.683. The second kappa shape index (κ2) is 4.85. The maximum atomic E-state index is 12.3. The van der Waals surface area contributed by atoms with Crippen molar-refractivity contribution in [3.05, 3.63) is 0 Å². The van der Waals surface area contributed by atoms with Crippen molar-refractivity contribution < 1.29 is 36.6 Å². The number of carbonyl (C=O) groups excluding carboxylic acids is 1. The minimum atomic E-state index is -6.07. The number of thiol groups is 1. The van der Waals surface area contributed by atoms with E-state index in [1.54, 1.807) is 0 Å². The first-order valence-corrected chi connectivity index (χ1v) is 4.26. The molecule has 0 fully saturated rings. The maximum absolute atomic E-state index is 12.3. The van der Waals surface area contributed by atoms with E-state index in [1.807, 2.05) is 0 Å². The zero-order valence-electron chi connectivity index (χ0n) is 7.39. The van der Waals surface area contributed by atoms with Gasteiger partial charge in [-0.3, -0.25) is 4.79 Å². The molecule has 0 rings (SSSR count). The molecule has 0 unspecified atom stereocenters. The van der Waals surface area contributed by atoms with Gasteiger partial charge in [-0.2, -0.15) is 34.6 Å². The van der Waals surface area contributed by atoms with Crippen molar-refractivity contribution in [1.29, 1.82) is 0 Å². The molecule has 4 nitrogen and oxygen atoms in total. The summed E-state index contributed by atoms with van der Waals surface area (Å²) in [6, 6.07) is -1.91. The molecule has 0 bridgehead atoms. The second-order valence-electron chi connectivity index (χ2n) is 2.62. The minimum absolute atomic E-state index is 0.616. The van der Waals surface area contributed by atoms with Gasteiger partial charge in [-0.05, 0) is 0 Å². The molecule has 1 amide bonds. The fourth-order valence-corrected chi connectivity index (χ4v) is 0.811. The predicted molar refractivity (Wildman–Crippen MR) is 44.4 cm³/mol. The highest BCUT2D eigenvalue weighted by molar-refractivity contribution is 7.80. The molecule has 0 aromatic heterocycles. The van der Waals surface area contributed by atoms with Crippen LogP contribution in [0.5, 0.6) is 0 Å². The van der Waals surface area contributed by atoms with Crippen molar-refractivity contribution in [2.24, 2.45) is 0 Å². The zero-order valence-corrected chi connectivity index (χ0v) is 8.28. The van der Waals surface area contributed by atoms with Crippen LogP contribution >= 0.6 is 12.6 Å². The van der Waals surface area contributed by atoms with Crippen LogP contribution in [0.3, 0.4) is 0 Å². The van der Waals surface area contributed by atoms with Gasteiger partial charge in [-0.1, -0.05) is 0 Å². The van der Waals surface area contributed by atoms with Crippen molar-refractivity contribution in [3.8, 4) is 0 Å². The molecule has 0 aliphatic rings. The summed E-state index contributed by atoms with van der Waals surface area (Å²) >= 11 is 3.38. The van der Waals surface area contributed by atoms with Crippen LogP contribution in [0.25, 0.3) is 0 Å². The van der Waals surface area contributed by atoms with E-state index in [0.29, 0.717) is 0 Å². The van der Waals surface area contributed by atoms with Gasteiger partial charge in [0, 0.05) is 5.75 Å². The third-order valence-corrected chi connectivity index (χ3v) is 1.79. The number of aliphatic carboxylic acids is 1. The SMILES string of the molecule is O=C(O)[C@H](CS)NC(=O)C(F)(F)C(F)(F)F. The van der Waals surface area contributed by atoms with Crippen molar-refractivity contribution >= 4 is 24.5 Å². The number of halogens is 5. The van der Waals surface area contributed by atoms with Crippen LogP contribution in [0.2, 0.25) is 0 Å². The number of rotatable bonds is 4. The molecule has 2 N–H and O–H groups in total. The summed E-state index contributed by atoms with van der Waals surface area (Å²) in [7, 11) is 0. The number of hydrogen-bond donors (Lipinski definition) is 3. The van der Waals surface area contributed by atoms with Crippen LogP contribution in [0.15, 0.2) is 0 Å². The lowest BCUT2D eigenvalue weighted by Crippen LogP contribution is -2.55. The third kappa shape index (κ3) is 3.22. The molecule has 16 heavy (non-hydrogen) atoms. The van der Waals surface area contributed by atoms with Gasteiger partial charge in [-0.15, -0.1) is 0 Å². The fourth-order valence-electron chi connectivity index (χ4n) is 0.563. The summed E-state index contributed by atoms with van der Waals surface area (Å²) < 4.78 is 59.6. The molecule has 0 radical (unpaired) electrons. The van der Waals surface area contributed by atoms with Crippen molar-refractivity contribution in [3.63, 3.8) is 0 Å². The average molecular weight is 267 g/mol. The Morgan fingerprint density at radius 1 is 1.25 bits per heavy atom. The fraction of sp³-hybridized carbons (Fsp3) is 0.667. The number of amides is 1. The summed E-state index contributed by atoms with van der Waals surface area (Å²) in [5, 5.41) is 9.33. The van der Waals surface area contributed by atoms with Crippen molar-refractivity contribution in [2.45, 2.75) is 18.1 Å². The normalized spacial score (nSPS) is 14.4. The Hall–Kier alpha value is -1.06.